The normalized spacial score (nSPS) is 13.0. The Bertz CT molecular complexity index is 699. The first-order valence-electron chi connectivity index (χ1n) is 6.01. The van der Waals surface area contributed by atoms with E-state index in [1.165, 1.54) is 12.1 Å². The average Bonchev–Trinajstić information content (AvgIpc) is 2.44. The highest BCUT2D eigenvalue weighted by atomic mass is 79.9. The van der Waals surface area contributed by atoms with Gasteiger partial charge in [-0.1, -0.05) is 21.9 Å². The van der Waals surface area contributed by atoms with Gasteiger partial charge in [-0.05, 0) is 28.1 Å². The summed E-state index contributed by atoms with van der Waals surface area (Å²) in [6.07, 6.45) is -0.857. The quantitative estimate of drug-likeness (QED) is 0.198. The largest absolute Gasteiger partial charge is 0.479 e. The van der Waals surface area contributed by atoms with Crippen molar-refractivity contribution in [2.45, 2.75) is 18.1 Å². The van der Waals surface area contributed by atoms with Gasteiger partial charge in [-0.3, -0.25) is 0 Å². The Morgan fingerprint density at radius 2 is 1.76 bits per heavy atom. The summed E-state index contributed by atoms with van der Waals surface area (Å²) >= 11 is 6.17. The van der Waals surface area contributed by atoms with Crippen LogP contribution in [0, 0.1) is 12.3 Å². The van der Waals surface area contributed by atoms with Gasteiger partial charge < -0.3 is 4.74 Å². The summed E-state index contributed by atoms with van der Waals surface area (Å²) in [5, 5.41) is 2.77. The van der Waals surface area contributed by atoms with E-state index < -0.39 is 18.1 Å². The maximum Gasteiger partial charge on any atom is 0.462 e. The van der Waals surface area contributed by atoms with E-state index in [-0.39, 0.29) is 17.9 Å². The van der Waals surface area contributed by atoms with E-state index >= 15 is 0 Å². The fourth-order valence-electron chi connectivity index (χ4n) is 1.37. The number of rotatable bonds is 6. The van der Waals surface area contributed by atoms with Crippen LogP contribution in [0.5, 0.6) is 5.75 Å². The zero-order valence-electron chi connectivity index (χ0n) is 11.8. The molecule has 0 fully saturated rings. The molecule has 12 heteroatoms. The standard InChI is InChI=1S/C13H7Br2F7N2O/c1-2-3-25-10-7(4-8(14)5-9(10)15)6-23-24-13(21,22)11(16,17)12(18,19)20/h1,4-6,24H,3H2/b23-6-. The van der Waals surface area contributed by atoms with Crippen LogP contribution in [0.2, 0.25) is 0 Å². The van der Waals surface area contributed by atoms with Gasteiger partial charge >= 0.3 is 18.1 Å². The van der Waals surface area contributed by atoms with Crippen LogP contribution in [0.3, 0.4) is 0 Å². The molecule has 0 heterocycles. The van der Waals surface area contributed by atoms with Crippen molar-refractivity contribution in [3.05, 3.63) is 26.6 Å². The molecule has 0 aliphatic rings. The second-order valence-corrected chi connectivity index (χ2v) is 6.09. The number of terminal acetylenes is 1. The summed E-state index contributed by atoms with van der Waals surface area (Å²) in [7, 11) is 0. The molecule has 0 saturated carbocycles. The van der Waals surface area contributed by atoms with Crippen LogP contribution >= 0.6 is 31.9 Å². The number of nitrogens with zero attached hydrogens (tertiary/aromatic N) is 1. The third-order valence-corrected chi connectivity index (χ3v) is 3.54. The number of alkyl halides is 7. The van der Waals surface area contributed by atoms with E-state index in [2.05, 4.69) is 42.9 Å². The van der Waals surface area contributed by atoms with Crippen molar-refractivity contribution in [1.29, 1.82) is 0 Å². The Morgan fingerprint density at radius 3 is 2.28 bits per heavy atom. The summed E-state index contributed by atoms with van der Waals surface area (Å²) in [4.78, 5) is 0. The minimum atomic E-state index is -6.46. The maximum absolute atomic E-state index is 13.1. The Kier molecular flexibility index (Phi) is 6.74. The molecule has 0 atom stereocenters. The molecule has 0 saturated heterocycles. The smallest absolute Gasteiger partial charge is 0.462 e. The van der Waals surface area contributed by atoms with Crippen molar-refractivity contribution in [2.75, 3.05) is 6.61 Å². The van der Waals surface area contributed by atoms with Crippen molar-refractivity contribution in [1.82, 2.24) is 5.43 Å². The first kappa shape index (κ1) is 21.6. The summed E-state index contributed by atoms with van der Waals surface area (Å²) < 4.78 is 93.6. The fraction of sp³-hybridized carbons (Fsp3) is 0.308. The number of nitrogens with one attached hydrogen (secondary N) is 1. The van der Waals surface area contributed by atoms with Gasteiger partial charge in [0.2, 0.25) is 0 Å². The van der Waals surface area contributed by atoms with E-state index in [0.717, 1.165) is 0 Å². The third kappa shape index (κ3) is 5.01. The van der Waals surface area contributed by atoms with Gasteiger partial charge in [0.1, 0.15) is 12.4 Å². The molecular formula is C13H7Br2F7N2O. The second kappa shape index (κ2) is 7.82. The minimum Gasteiger partial charge on any atom is -0.479 e. The molecule has 25 heavy (non-hydrogen) atoms. The lowest BCUT2D eigenvalue weighted by Gasteiger charge is -2.27. The number of ether oxygens (including phenoxy) is 1. The van der Waals surface area contributed by atoms with Gasteiger partial charge in [0.05, 0.1) is 10.7 Å². The van der Waals surface area contributed by atoms with Gasteiger partial charge in [-0.2, -0.15) is 35.8 Å². The topological polar surface area (TPSA) is 33.6 Å². The molecular weight excluding hydrogens is 493 g/mol. The van der Waals surface area contributed by atoms with Gasteiger partial charge in [-0.25, -0.2) is 5.43 Å². The molecule has 0 bridgehead atoms. The van der Waals surface area contributed by atoms with Crippen molar-refractivity contribution in [3.8, 4) is 18.1 Å². The number of benzene rings is 1. The summed E-state index contributed by atoms with van der Waals surface area (Å²) in [6, 6.07) is -2.87. The molecule has 1 aromatic carbocycles. The lowest BCUT2D eigenvalue weighted by molar-refractivity contribution is -0.361. The van der Waals surface area contributed by atoms with Crippen molar-refractivity contribution >= 4 is 38.1 Å². The van der Waals surface area contributed by atoms with E-state index in [0.29, 0.717) is 20.6 Å². The van der Waals surface area contributed by atoms with Crippen molar-refractivity contribution in [3.63, 3.8) is 0 Å². The first-order valence-corrected chi connectivity index (χ1v) is 7.60. The summed E-state index contributed by atoms with van der Waals surface area (Å²) in [5.41, 5.74) is 0.498. The number of hydrogen-bond acceptors (Lipinski definition) is 3. The molecule has 1 aromatic rings. The highest BCUT2D eigenvalue weighted by Gasteiger charge is 2.73. The number of hydrogen-bond donors (Lipinski definition) is 1. The lowest BCUT2D eigenvalue weighted by atomic mass is 10.2. The molecule has 3 nitrogen and oxygen atoms in total. The molecule has 0 unspecified atom stereocenters. The van der Waals surface area contributed by atoms with Crippen LogP contribution in [-0.2, 0) is 0 Å². The molecule has 0 spiro atoms. The Hall–Kier alpha value is -1.48. The van der Waals surface area contributed by atoms with Crippen LogP contribution in [0.15, 0.2) is 26.2 Å². The number of hydrazone groups is 1. The maximum atomic E-state index is 13.1. The fourth-order valence-corrected chi connectivity index (χ4v) is 2.75. The van der Waals surface area contributed by atoms with Gasteiger partial charge in [-0.15, -0.1) is 6.42 Å². The Labute approximate surface area is 153 Å². The van der Waals surface area contributed by atoms with Gasteiger partial charge in [0.15, 0.2) is 0 Å². The van der Waals surface area contributed by atoms with Crippen LogP contribution in [-0.4, -0.2) is 31.0 Å². The van der Waals surface area contributed by atoms with Crippen molar-refractivity contribution < 1.29 is 35.5 Å². The van der Waals surface area contributed by atoms with Gasteiger partial charge in [0.25, 0.3) is 0 Å². The zero-order valence-corrected chi connectivity index (χ0v) is 14.9. The van der Waals surface area contributed by atoms with Crippen molar-refractivity contribution in [2.24, 2.45) is 5.10 Å². The highest BCUT2D eigenvalue weighted by Crippen LogP contribution is 2.45. The number of halogens is 9. The van der Waals surface area contributed by atoms with E-state index in [1.54, 1.807) is 0 Å². The molecule has 0 amide bonds. The molecule has 138 valence electrons. The molecule has 0 aliphatic heterocycles. The molecule has 1 rings (SSSR count). The molecule has 0 aromatic heterocycles. The van der Waals surface area contributed by atoms with Crippen LogP contribution in [0.4, 0.5) is 30.7 Å². The van der Waals surface area contributed by atoms with E-state index in [1.807, 2.05) is 0 Å². The predicted molar refractivity (Wildman–Crippen MR) is 82.8 cm³/mol. The van der Waals surface area contributed by atoms with Crippen LogP contribution < -0.4 is 10.2 Å². The van der Waals surface area contributed by atoms with E-state index in [4.69, 9.17) is 11.2 Å². The summed E-state index contributed by atoms with van der Waals surface area (Å²) in [6.45, 7) is -0.212. The first-order chi connectivity index (χ1) is 11.3. The average molecular weight is 500 g/mol. The second-order valence-electron chi connectivity index (χ2n) is 4.32. The Balaban J connectivity index is 3.09. The SMILES string of the molecule is C#CCOc1c(Br)cc(Br)cc1/C=N\NC(F)(F)C(F)(F)C(F)(F)F. The van der Waals surface area contributed by atoms with Gasteiger partial charge in [0, 0.05) is 10.0 Å². The van der Waals surface area contributed by atoms with Crippen LogP contribution in [0.1, 0.15) is 5.56 Å². The predicted octanol–water partition coefficient (Wildman–Crippen LogP) is 4.94. The minimum absolute atomic E-state index is 0.0184. The monoisotopic (exact) mass is 498 g/mol. The highest BCUT2D eigenvalue weighted by molar-refractivity contribution is 9.11. The zero-order chi connectivity index (χ0) is 19.5. The lowest BCUT2D eigenvalue weighted by Crippen LogP contribution is -2.58. The Morgan fingerprint density at radius 1 is 1.16 bits per heavy atom. The summed E-state index contributed by atoms with van der Waals surface area (Å²) in [5.74, 6) is -4.15. The molecule has 1 N–H and O–H groups in total. The van der Waals surface area contributed by atoms with E-state index in [9.17, 15) is 30.7 Å². The molecule has 0 aliphatic carbocycles. The van der Waals surface area contributed by atoms with Crippen LogP contribution in [0.25, 0.3) is 0 Å². The molecule has 0 radical (unpaired) electrons. The third-order valence-electron chi connectivity index (χ3n) is 2.50.